The maximum Gasteiger partial charge on any atom is 0.188 e. The van der Waals surface area contributed by atoms with Crippen molar-refractivity contribution in [2.24, 2.45) is 10.7 Å². The van der Waals surface area contributed by atoms with Crippen LogP contribution in [0.3, 0.4) is 0 Å². The van der Waals surface area contributed by atoms with E-state index in [0.717, 1.165) is 25.2 Å². The molecule has 3 N–H and O–H groups in total. The fourth-order valence-electron chi connectivity index (χ4n) is 3.59. The molecule has 0 saturated carbocycles. The molecule has 3 rings (SSSR count). The first-order valence-electron chi connectivity index (χ1n) is 9.72. The van der Waals surface area contributed by atoms with Crippen LogP contribution in [0.15, 0.2) is 53.5 Å². The Bertz CT molecular complexity index is 779. The molecule has 2 aromatic rings. The van der Waals surface area contributed by atoms with Crippen molar-refractivity contribution >= 4 is 5.96 Å². The van der Waals surface area contributed by atoms with E-state index in [1.807, 2.05) is 18.2 Å². The molecule has 0 spiro atoms. The second-order valence-corrected chi connectivity index (χ2v) is 7.02. The molecule has 0 amide bonds. The van der Waals surface area contributed by atoms with Gasteiger partial charge in [-0.2, -0.15) is 0 Å². The normalized spacial score (nSPS) is 17.5. The summed E-state index contributed by atoms with van der Waals surface area (Å²) >= 11 is 0. The Hall–Kier alpha value is -2.73. The number of guanidine groups is 1. The molecule has 0 aromatic heterocycles. The van der Waals surface area contributed by atoms with Crippen molar-refractivity contribution < 1.29 is 9.47 Å². The average Bonchev–Trinajstić information content (AvgIpc) is 3.18. The van der Waals surface area contributed by atoms with Crippen molar-refractivity contribution in [2.75, 3.05) is 27.3 Å². The number of benzene rings is 2. The number of nitrogens with two attached hydrogens (primary N) is 1. The van der Waals surface area contributed by atoms with E-state index in [1.165, 1.54) is 18.4 Å². The van der Waals surface area contributed by atoms with E-state index >= 15 is 0 Å². The Kier molecular flexibility index (Phi) is 7.14. The van der Waals surface area contributed by atoms with Gasteiger partial charge in [0.15, 0.2) is 17.5 Å². The van der Waals surface area contributed by atoms with Gasteiger partial charge in [0.1, 0.15) is 0 Å². The van der Waals surface area contributed by atoms with Gasteiger partial charge in [-0.3, -0.25) is 4.90 Å². The van der Waals surface area contributed by atoms with Crippen LogP contribution in [0.4, 0.5) is 0 Å². The third kappa shape index (κ3) is 5.39. The van der Waals surface area contributed by atoms with Crippen molar-refractivity contribution in [3.63, 3.8) is 0 Å². The van der Waals surface area contributed by atoms with Gasteiger partial charge in [0, 0.05) is 19.1 Å². The Labute approximate surface area is 167 Å². The van der Waals surface area contributed by atoms with E-state index in [2.05, 4.69) is 45.5 Å². The lowest BCUT2D eigenvalue weighted by Crippen LogP contribution is -2.42. The number of nitrogens with zero attached hydrogens (tertiary/aromatic N) is 2. The van der Waals surface area contributed by atoms with Gasteiger partial charge in [0.05, 0.1) is 20.8 Å². The molecular weight excluding hydrogens is 352 g/mol. The molecule has 150 valence electrons. The first-order valence-corrected chi connectivity index (χ1v) is 9.72. The summed E-state index contributed by atoms with van der Waals surface area (Å²) in [5, 5.41) is 3.29. The summed E-state index contributed by atoms with van der Waals surface area (Å²) in [6.07, 6.45) is 2.41. The minimum absolute atomic E-state index is 0.473. The summed E-state index contributed by atoms with van der Waals surface area (Å²) in [4.78, 5) is 6.98. The van der Waals surface area contributed by atoms with Gasteiger partial charge in [-0.1, -0.05) is 36.4 Å². The fraction of sp³-hybridized carbons (Fsp3) is 0.409. The van der Waals surface area contributed by atoms with Gasteiger partial charge >= 0.3 is 0 Å². The SMILES string of the molecule is COc1ccc(CN=C(N)NCC2CCCN2Cc2ccccc2)cc1OC. The van der Waals surface area contributed by atoms with Gasteiger partial charge in [0.2, 0.25) is 0 Å². The Morgan fingerprint density at radius 3 is 2.64 bits per heavy atom. The van der Waals surface area contributed by atoms with Gasteiger partial charge < -0.3 is 20.5 Å². The zero-order chi connectivity index (χ0) is 19.8. The predicted molar refractivity (Wildman–Crippen MR) is 113 cm³/mol. The number of likely N-dealkylation sites (tertiary alicyclic amines) is 1. The molecule has 6 nitrogen and oxygen atoms in total. The molecule has 28 heavy (non-hydrogen) atoms. The molecule has 1 unspecified atom stereocenters. The Morgan fingerprint density at radius 1 is 1.11 bits per heavy atom. The monoisotopic (exact) mass is 382 g/mol. The van der Waals surface area contributed by atoms with Crippen LogP contribution in [-0.4, -0.2) is 44.2 Å². The van der Waals surface area contributed by atoms with Crippen LogP contribution < -0.4 is 20.5 Å². The quantitative estimate of drug-likeness (QED) is 0.543. The Morgan fingerprint density at radius 2 is 1.89 bits per heavy atom. The van der Waals surface area contributed by atoms with Crippen molar-refractivity contribution in [1.29, 1.82) is 0 Å². The number of rotatable bonds is 8. The minimum atomic E-state index is 0.473. The topological polar surface area (TPSA) is 72.1 Å². The molecule has 0 radical (unpaired) electrons. The average molecular weight is 383 g/mol. The van der Waals surface area contributed by atoms with Crippen LogP contribution in [0, 0.1) is 0 Å². The summed E-state index contributed by atoms with van der Waals surface area (Å²) in [6.45, 7) is 3.42. The maximum absolute atomic E-state index is 6.09. The van der Waals surface area contributed by atoms with Crippen LogP contribution in [-0.2, 0) is 13.1 Å². The summed E-state index contributed by atoms with van der Waals surface area (Å²) in [5.41, 5.74) is 8.46. The predicted octanol–water partition coefficient (Wildman–Crippen LogP) is 2.77. The number of methoxy groups -OCH3 is 2. The van der Waals surface area contributed by atoms with E-state index in [9.17, 15) is 0 Å². The number of aliphatic imine (C=N–C) groups is 1. The highest BCUT2D eigenvalue weighted by Crippen LogP contribution is 2.27. The zero-order valence-electron chi connectivity index (χ0n) is 16.7. The van der Waals surface area contributed by atoms with Crippen LogP contribution in [0.5, 0.6) is 11.5 Å². The first kappa shape index (κ1) is 20.0. The molecular formula is C22H30N4O2. The van der Waals surface area contributed by atoms with Crippen LogP contribution in [0.1, 0.15) is 24.0 Å². The number of ether oxygens (including phenoxy) is 2. The lowest BCUT2D eigenvalue weighted by Gasteiger charge is -2.25. The molecule has 1 saturated heterocycles. The third-order valence-electron chi connectivity index (χ3n) is 5.13. The highest BCUT2D eigenvalue weighted by molar-refractivity contribution is 5.77. The molecule has 6 heteroatoms. The molecule has 1 aliphatic heterocycles. The highest BCUT2D eigenvalue weighted by Gasteiger charge is 2.24. The minimum Gasteiger partial charge on any atom is -0.493 e. The van der Waals surface area contributed by atoms with E-state index < -0.39 is 0 Å². The second-order valence-electron chi connectivity index (χ2n) is 7.02. The zero-order valence-corrected chi connectivity index (χ0v) is 16.7. The van der Waals surface area contributed by atoms with E-state index in [4.69, 9.17) is 15.2 Å². The van der Waals surface area contributed by atoms with Crippen molar-refractivity contribution in [2.45, 2.75) is 32.0 Å². The summed E-state index contributed by atoms with van der Waals surface area (Å²) < 4.78 is 10.6. The lowest BCUT2D eigenvalue weighted by molar-refractivity contribution is 0.245. The highest BCUT2D eigenvalue weighted by atomic mass is 16.5. The van der Waals surface area contributed by atoms with Gasteiger partial charge in [-0.25, -0.2) is 4.99 Å². The summed E-state index contributed by atoms with van der Waals surface area (Å²) in [5.74, 6) is 1.88. The second kappa shape index (κ2) is 9.99. The van der Waals surface area contributed by atoms with Gasteiger partial charge in [0.25, 0.3) is 0 Å². The molecule has 1 atom stereocenters. The smallest absolute Gasteiger partial charge is 0.188 e. The number of hydrogen-bond donors (Lipinski definition) is 2. The molecule has 1 heterocycles. The van der Waals surface area contributed by atoms with Crippen molar-refractivity contribution in [3.8, 4) is 11.5 Å². The largest absolute Gasteiger partial charge is 0.493 e. The molecule has 0 bridgehead atoms. The van der Waals surface area contributed by atoms with Crippen LogP contribution >= 0.6 is 0 Å². The van der Waals surface area contributed by atoms with Crippen LogP contribution in [0.25, 0.3) is 0 Å². The van der Waals surface area contributed by atoms with Crippen LogP contribution in [0.2, 0.25) is 0 Å². The van der Waals surface area contributed by atoms with E-state index in [-0.39, 0.29) is 0 Å². The van der Waals surface area contributed by atoms with E-state index in [1.54, 1.807) is 14.2 Å². The van der Waals surface area contributed by atoms with E-state index in [0.29, 0.717) is 30.0 Å². The maximum atomic E-state index is 6.09. The Balaban J connectivity index is 1.51. The number of nitrogens with one attached hydrogen (secondary N) is 1. The molecule has 0 aliphatic carbocycles. The summed E-state index contributed by atoms with van der Waals surface area (Å²) in [7, 11) is 3.26. The lowest BCUT2D eigenvalue weighted by atomic mass is 10.2. The molecule has 1 aliphatic rings. The fourth-order valence-corrected chi connectivity index (χ4v) is 3.59. The molecule has 1 fully saturated rings. The van der Waals surface area contributed by atoms with Crippen molar-refractivity contribution in [3.05, 3.63) is 59.7 Å². The van der Waals surface area contributed by atoms with Gasteiger partial charge in [-0.15, -0.1) is 0 Å². The number of hydrogen-bond acceptors (Lipinski definition) is 4. The first-order chi connectivity index (χ1) is 13.7. The van der Waals surface area contributed by atoms with Gasteiger partial charge in [-0.05, 0) is 42.6 Å². The summed E-state index contributed by atoms with van der Waals surface area (Å²) in [6, 6.07) is 16.9. The van der Waals surface area contributed by atoms with Crippen molar-refractivity contribution in [1.82, 2.24) is 10.2 Å². The molecule has 2 aromatic carbocycles. The third-order valence-corrected chi connectivity index (χ3v) is 5.13. The standard InChI is InChI=1S/C22H30N4O2/c1-27-20-11-10-18(13-21(20)28-2)14-24-22(23)25-15-19-9-6-12-26(19)16-17-7-4-3-5-8-17/h3-5,7-8,10-11,13,19H,6,9,12,14-16H2,1-2H3,(H3,23,24,25).